The molecule has 29 heavy (non-hydrogen) atoms. The van der Waals surface area contributed by atoms with Crippen molar-refractivity contribution in [2.45, 2.75) is 44.6 Å². The highest BCUT2D eigenvalue weighted by molar-refractivity contribution is 5.78. The Hall–Kier alpha value is -1.99. The lowest BCUT2D eigenvalue weighted by molar-refractivity contribution is -0.142. The van der Waals surface area contributed by atoms with Gasteiger partial charge in [0.2, 0.25) is 11.8 Å². The summed E-state index contributed by atoms with van der Waals surface area (Å²) in [6.45, 7) is 5.36. The number of ether oxygens (including phenoxy) is 1. The fourth-order valence-corrected chi connectivity index (χ4v) is 4.85. The van der Waals surface area contributed by atoms with Crippen LogP contribution in [0.5, 0.6) is 0 Å². The minimum absolute atomic E-state index is 0.141. The standard InChI is InChI=1S/C22H32N4O3/c27-20-3-5-22(17-26(20)10-4-18-2-1-8-23-15-18)6-11-25(12-7-22)21(28)14-19-16-29-13-9-24-19/h1-2,8,15,19,24H,3-7,9-14,16-17H2/t19-/m1/s1. The molecule has 7 nitrogen and oxygen atoms in total. The number of nitrogens with one attached hydrogen (secondary N) is 1. The van der Waals surface area contributed by atoms with Crippen LogP contribution < -0.4 is 5.32 Å². The molecule has 3 fully saturated rings. The molecule has 1 atom stereocenters. The molecule has 3 saturated heterocycles. The van der Waals surface area contributed by atoms with Crippen molar-refractivity contribution in [1.82, 2.24) is 20.1 Å². The van der Waals surface area contributed by atoms with Crippen molar-refractivity contribution in [3.63, 3.8) is 0 Å². The van der Waals surface area contributed by atoms with Crippen LogP contribution in [0.25, 0.3) is 0 Å². The fraction of sp³-hybridized carbons (Fsp3) is 0.682. The number of amides is 2. The molecule has 2 amide bonds. The van der Waals surface area contributed by atoms with E-state index in [4.69, 9.17) is 4.74 Å². The number of hydrogen-bond acceptors (Lipinski definition) is 5. The number of hydrogen-bond donors (Lipinski definition) is 1. The second kappa shape index (κ2) is 9.22. The Morgan fingerprint density at radius 3 is 2.90 bits per heavy atom. The second-order valence-corrected chi connectivity index (χ2v) is 8.74. The highest BCUT2D eigenvalue weighted by Gasteiger charge is 2.41. The lowest BCUT2D eigenvalue weighted by Crippen LogP contribution is -2.53. The van der Waals surface area contributed by atoms with E-state index in [9.17, 15) is 9.59 Å². The van der Waals surface area contributed by atoms with Gasteiger partial charge in [-0.25, -0.2) is 0 Å². The van der Waals surface area contributed by atoms with E-state index in [1.54, 1.807) is 6.20 Å². The summed E-state index contributed by atoms with van der Waals surface area (Å²) in [5, 5.41) is 3.36. The lowest BCUT2D eigenvalue weighted by Gasteiger charge is -2.47. The van der Waals surface area contributed by atoms with Gasteiger partial charge in [0.1, 0.15) is 0 Å². The Kier molecular flexibility index (Phi) is 6.45. The van der Waals surface area contributed by atoms with Gasteiger partial charge < -0.3 is 19.9 Å². The van der Waals surface area contributed by atoms with Gasteiger partial charge in [-0.2, -0.15) is 0 Å². The number of likely N-dealkylation sites (tertiary alicyclic amines) is 2. The van der Waals surface area contributed by atoms with E-state index >= 15 is 0 Å². The van der Waals surface area contributed by atoms with Crippen LogP contribution in [0.15, 0.2) is 24.5 Å². The summed E-state index contributed by atoms with van der Waals surface area (Å²) in [6, 6.07) is 4.15. The SMILES string of the molecule is O=C(C[C@@H]1COCCN1)N1CCC2(CCC(=O)N(CCc3cccnc3)C2)CC1. The molecule has 0 bridgehead atoms. The van der Waals surface area contributed by atoms with Crippen molar-refractivity contribution in [2.75, 3.05) is 45.9 Å². The number of carbonyl (C=O) groups excluding carboxylic acids is 2. The van der Waals surface area contributed by atoms with E-state index in [1.807, 2.05) is 22.1 Å². The van der Waals surface area contributed by atoms with Gasteiger partial charge >= 0.3 is 0 Å². The summed E-state index contributed by atoms with van der Waals surface area (Å²) < 4.78 is 5.46. The predicted octanol–water partition coefficient (Wildman–Crippen LogP) is 1.23. The smallest absolute Gasteiger partial charge is 0.224 e. The first-order valence-electron chi connectivity index (χ1n) is 10.9. The van der Waals surface area contributed by atoms with Crippen LogP contribution in [-0.2, 0) is 20.7 Å². The van der Waals surface area contributed by atoms with Crippen molar-refractivity contribution in [3.8, 4) is 0 Å². The minimum atomic E-state index is 0.141. The van der Waals surface area contributed by atoms with Crippen LogP contribution in [0, 0.1) is 5.41 Å². The molecule has 0 aliphatic carbocycles. The average Bonchev–Trinajstić information content (AvgIpc) is 2.76. The molecule has 3 aliphatic rings. The molecule has 158 valence electrons. The average molecular weight is 401 g/mol. The van der Waals surface area contributed by atoms with Gasteiger partial charge in [0, 0.05) is 64.0 Å². The topological polar surface area (TPSA) is 74.8 Å². The summed E-state index contributed by atoms with van der Waals surface area (Å²) in [4.78, 5) is 33.4. The zero-order valence-electron chi connectivity index (χ0n) is 17.1. The summed E-state index contributed by atoms with van der Waals surface area (Å²) in [7, 11) is 0. The number of morpholine rings is 1. The molecule has 4 rings (SSSR count). The Labute approximate surface area is 172 Å². The molecule has 0 saturated carbocycles. The Balaban J connectivity index is 1.27. The zero-order chi connectivity index (χ0) is 20.1. The maximum atomic E-state index is 12.7. The molecule has 1 aromatic heterocycles. The number of pyridine rings is 1. The molecule has 0 unspecified atom stereocenters. The van der Waals surface area contributed by atoms with Gasteiger partial charge in [-0.05, 0) is 42.7 Å². The van der Waals surface area contributed by atoms with Gasteiger partial charge in [-0.1, -0.05) is 6.07 Å². The van der Waals surface area contributed by atoms with Crippen molar-refractivity contribution in [1.29, 1.82) is 0 Å². The zero-order valence-corrected chi connectivity index (χ0v) is 17.1. The number of piperidine rings is 2. The number of aromatic nitrogens is 1. The quantitative estimate of drug-likeness (QED) is 0.805. The third-order valence-electron chi connectivity index (χ3n) is 6.74. The molecule has 0 radical (unpaired) electrons. The van der Waals surface area contributed by atoms with Crippen molar-refractivity contribution < 1.29 is 14.3 Å². The van der Waals surface area contributed by atoms with Crippen molar-refractivity contribution in [3.05, 3.63) is 30.1 Å². The first-order chi connectivity index (χ1) is 14.1. The number of carbonyl (C=O) groups is 2. The molecular weight excluding hydrogens is 368 g/mol. The van der Waals surface area contributed by atoms with Gasteiger partial charge in [-0.3, -0.25) is 14.6 Å². The first-order valence-corrected chi connectivity index (χ1v) is 10.9. The van der Waals surface area contributed by atoms with E-state index in [0.29, 0.717) is 19.4 Å². The Morgan fingerprint density at radius 1 is 1.31 bits per heavy atom. The van der Waals surface area contributed by atoms with Crippen LogP contribution in [0.1, 0.15) is 37.7 Å². The summed E-state index contributed by atoms with van der Waals surface area (Å²) in [5.41, 5.74) is 1.34. The Bertz CT molecular complexity index is 697. The van der Waals surface area contributed by atoms with Gasteiger partial charge in [-0.15, -0.1) is 0 Å². The molecule has 7 heteroatoms. The van der Waals surface area contributed by atoms with Crippen LogP contribution in [-0.4, -0.2) is 78.6 Å². The monoisotopic (exact) mass is 400 g/mol. The highest BCUT2D eigenvalue weighted by Crippen LogP contribution is 2.40. The van der Waals surface area contributed by atoms with Gasteiger partial charge in [0.15, 0.2) is 0 Å². The predicted molar refractivity (Wildman–Crippen MR) is 109 cm³/mol. The number of rotatable bonds is 5. The third-order valence-corrected chi connectivity index (χ3v) is 6.74. The Morgan fingerprint density at radius 2 is 2.17 bits per heavy atom. The molecule has 3 aliphatic heterocycles. The van der Waals surface area contributed by atoms with E-state index in [1.165, 1.54) is 5.56 Å². The largest absolute Gasteiger partial charge is 0.378 e. The molecule has 1 N–H and O–H groups in total. The fourth-order valence-electron chi connectivity index (χ4n) is 4.85. The van der Waals surface area contributed by atoms with Crippen LogP contribution in [0.4, 0.5) is 0 Å². The van der Waals surface area contributed by atoms with E-state index in [0.717, 1.165) is 65.0 Å². The maximum absolute atomic E-state index is 12.7. The minimum Gasteiger partial charge on any atom is -0.378 e. The molecule has 0 aromatic carbocycles. The van der Waals surface area contributed by atoms with E-state index < -0.39 is 0 Å². The summed E-state index contributed by atoms with van der Waals surface area (Å²) >= 11 is 0. The van der Waals surface area contributed by atoms with E-state index in [2.05, 4.69) is 16.4 Å². The van der Waals surface area contributed by atoms with Crippen LogP contribution in [0.3, 0.4) is 0 Å². The van der Waals surface area contributed by atoms with Crippen LogP contribution in [0.2, 0.25) is 0 Å². The third kappa shape index (κ3) is 5.14. The molecule has 4 heterocycles. The summed E-state index contributed by atoms with van der Waals surface area (Å²) in [6.07, 6.45) is 8.57. The second-order valence-electron chi connectivity index (χ2n) is 8.74. The first kappa shape index (κ1) is 20.3. The van der Waals surface area contributed by atoms with E-state index in [-0.39, 0.29) is 23.3 Å². The molecule has 1 aromatic rings. The maximum Gasteiger partial charge on any atom is 0.224 e. The number of nitrogens with zero attached hydrogens (tertiary/aromatic N) is 3. The highest BCUT2D eigenvalue weighted by atomic mass is 16.5. The lowest BCUT2D eigenvalue weighted by atomic mass is 9.72. The van der Waals surface area contributed by atoms with Crippen LogP contribution >= 0.6 is 0 Å². The van der Waals surface area contributed by atoms with Gasteiger partial charge in [0.05, 0.1) is 13.2 Å². The normalized spacial score (nSPS) is 24.7. The summed E-state index contributed by atoms with van der Waals surface area (Å²) in [5.74, 6) is 0.490. The molecular formula is C22H32N4O3. The van der Waals surface area contributed by atoms with Crippen molar-refractivity contribution in [2.24, 2.45) is 5.41 Å². The van der Waals surface area contributed by atoms with Gasteiger partial charge in [0.25, 0.3) is 0 Å². The van der Waals surface area contributed by atoms with Crippen molar-refractivity contribution >= 4 is 11.8 Å². The molecule has 1 spiro atoms.